The third-order valence-corrected chi connectivity index (χ3v) is 2.51. The van der Waals surface area contributed by atoms with E-state index in [2.05, 4.69) is 5.48 Å². The van der Waals surface area contributed by atoms with Gasteiger partial charge < -0.3 is 14.6 Å². The van der Waals surface area contributed by atoms with Crippen LogP contribution in [0.25, 0.3) is 0 Å². The molecule has 0 aromatic heterocycles. The minimum atomic E-state index is -0.678. The zero-order valence-electron chi connectivity index (χ0n) is 11.1. The lowest BCUT2D eigenvalue weighted by atomic mass is 10.1. The molecular formula is C13H21NO4. The van der Waals surface area contributed by atoms with Gasteiger partial charge in [-0.3, -0.25) is 4.84 Å². The summed E-state index contributed by atoms with van der Waals surface area (Å²) in [5.41, 5.74) is 4.53. The van der Waals surface area contributed by atoms with Gasteiger partial charge in [0.25, 0.3) is 0 Å². The van der Waals surface area contributed by atoms with E-state index in [1.165, 1.54) is 0 Å². The van der Waals surface area contributed by atoms with Crippen LogP contribution in [0, 0.1) is 6.92 Å². The number of ether oxygens (including phenoxy) is 2. The lowest BCUT2D eigenvalue weighted by molar-refractivity contribution is -0.0114. The average molecular weight is 255 g/mol. The van der Waals surface area contributed by atoms with Gasteiger partial charge in [0.15, 0.2) is 0 Å². The highest BCUT2D eigenvalue weighted by atomic mass is 16.7. The fourth-order valence-electron chi connectivity index (χ4n) is 1.56. The number of hydrogen-bond donors (Lipinski definition) is 2. The van der Waals surface area contributed by atoms with Crippen molar-refractivity contribution in [1.29, 1.82) is 0 Å². The number of nitrogens with one attached hydrogen (secondary N) is 1. The maximum Gasteiger partial charge on any atom is 0.124 e. The predicted molar refractivity (Wildman–Crippen MR) is 68.5 cm³/mol. The minimum absolute atomic E-state index is 0.295. The summed E-state index contributed by atoms with van der Waals surface area (Å²) in [4.78, 5) is 5.09. The summed E-state index contributed by atoms with van der Waals surface area (Å²) in [6.45, 7) is 3.22. The quantitative estimate of drug-likeness (QED) is 0.540. The van der Waals surface area contributed by atoms with Crippen molar-refractivity contribution in [1.82, 2.24) is 5.48 Å². The molecule has 0 fully saturated rings. The minimum Gasteiger partial charge on any atom is -0.496 e. The Bertz CT molecular complexity index is 357. The van der Waals surface area contributed by atoms with Crippen molar-refractivity contribution in [2.24, 2.45) is 0 Å². The molecule has 0 heterocycles. The molecule has 0 aliphatic carbocycles. The summed E-state index contributed by atoms with van der Waals surface area (Å²) in [5.74, 6) is 0.673. The van der Waals surface area contributed by atoms with Crippen molar-refractivity contribution < 1.29 is 19.4 Å². The second kappa shape index (κ2) is 8.05. The Kier molecular flexibility index (Phi) is 6.67. The first-order valence-electron chi connectivity index (χ1n) is 5.85. The van der Waals surface area contributed by atoms with Gasteiger partial charge in [0.05, 0.1) is 33.0 Å². The number of aliphatic hydroxyl groups is 1. The van der Waals surface area contributed by atoms with Crippen LogP contribution in [0.4, 0.5) is 0 Å². The summed E-state index contributed by atoms with van der Waals surface area (Å²) in [6, 6.07) is 5.69. The van der Waals surface area contributed by atoms with Gasteiger partial charge in [-0.15, -0.1) is 0 Å². The van der Waals surface area contributed by atoms with Gasteiger partial charge in [0.2, 0.25) is 0 Å². The van der Waals surface area contributed by atoms with Crippen LogP contribution in [-0.2, 0) is 9.57 Å². The smallest absolute Gasteiger partial charge is 0.124 e. The second-order valence-corrected chi connectivity index (χ2v) is 3.95. The summed E-state index contributed by atoms with van der Waals surface area (Å²) in [5, 5.41) is 10.1. The fraction of sp³-hybridized carbons (Fsp3) is 0.538. The molecule has 1 aromatic rings. The Hall–Kier alpha value is -1.14. The van der Waals surface area contributed by atoms with Gasteiger partial charge in [0.1, 0.15) is 5.75 Å². The van der Waals surface area contributed by atoms with E-state index in [0.29, 0.717) is 25.5 Å². The standard InChI is InChI=1S/C13H21NO4/c1-10-4-5-13(17-3)11(8-10)12(15)9-14-18-7-6-16-2/h4-5,8,12,14-15H,6-7,9H2,1-3H3. The molecule has 1 aromatic carbocycles. The third-order valence-electron chi connectivity index (χ3n) is 2.51. The number of hydrogen-bond acceptors (Lipinski definition) is 5. The number of aryl methyl sites for hydroxylation is 1. The van der Waals surface area contributed by atoms with E-state index in [1.54, 1.807) is 14.2 Å². The van der Waals surface area contributed by atoms with Crippen LogP contribution in [0.5, 0.6) is 5.75 Å². The van der Waals surface area contributed by atoms with E-state index in [-0.39, 0.29) is 0 Å². The highest BCUT2D eigenvalue weighted by Gasteiger charge is 2.13. The van der Waals surface area contributed by atoms with Crippen molar-refractivity contribution in [3.05, 3.63) is 29.3 Å². The van der Waals surface area contributed by atoms with E-state index in [0.717, 1.165) is 11.1 Å². The topological polar surface area (TPSA) is 60.0 Å². The maximum absolute atomic E-state index is 10.1. The fourth-order valence-corrected chi connectivity index (χ4v) is 1.56. The highest BCUT2D eigenvalue weighted by molar-refractivity contribution is 5.38. The van der Waals surface area contributed by atoms with Crippen LogP contribution in [0.3, 0.4) is 0 Å². The molecule has 1 rings (SSSR count). The highest BCUT2D eigenvalue weighted by Crippen LogP contribution is 2.25. The first-order valence-corrected chi connectivity index (χ1v) is 5.85. The summed E-state index contributed by atoms with van der Waals surface area (Å²) in [7, 11) is 3.19. The Morgan fingerprint density at radius 3 is 2.72 bits per heavy atom. The van der Waals surface area contributed by atoms with Crippen LogP contribution < -0.4 is 10.2 Å². The lowest BCUT2D eigenvalue weighted by Crippen LogP contribution is -2.24. The van der Waals surface area contributed by atoms with E-state index in [4.69, 9.17) is 14.3 Å². The monoisotopic (exact) mass is 255 g/mol. The van der Waals surface area contributed by atoms with Crippen LogP contribution in [0.1, 0.15) is 17.2 Å². The van der Waals surface area contributed by atoms with Crippen LogP contribution >= 0.6 is 0 Å². The van der Waals surface area contributed by atoms with Gasteiger partial charge in [0, 0.05) is 12.7 Å². The summed E-state index contributed by atoms with van der Waals surface area (Å²) < 4.78 is 10.1. The largest absolute Gasteiger partial charge is 0.496 e. The molecule has 0 saturated heterocycles. The molecule has 2 N–H and O–H groups in total. The molecule has 5 heteroatoms. The molecule has 102 valence electrons. The number of methoxy groups -OCH3 is 2. The number of hydroxylamine groups is 1. The summed E-state index contributed by atoms with van der Waals surface area (Å²) >= 11 is 0. The number of benzene rings is 1. The van der Waals surface area contributed by atoms with Crippen LogP contribution in [0.2, 0.25) is 0 Å². The lowest BCUT2D eigenvalue weighted by Gasteiger charge is -2.16. The van der Waals surface area contributed by atoms with E-state index < -0.39 is 6.10 Å². The zero-order valence-corrected chi connectivity index (χ0v) is 11.1. The van der Waals surface area contributed by atoms with E-state index in [9.17, 15) is 5.11 Å². The normalized spacial score (nSPS) is 12.4. The molecular weight excluding hydrogens is 234 g/mol. The molecule has 0 spiro atoms. The maximum atomic E-state index is 10.1. The molecule has 1 atom stereocenters. The zero-order chi connectivity index (χ0) is 13.4. The van der Waals surface area contributed by atoms with Crippen LogP contribution in [-0.4, -0.2) is 39.1 Å². The molecule has 18 heavy (non-hydrogen) atoms. The molecule has 0 aliphatic heterocycles. The van der Waals surface area contributed by atoms with Gasteiger partial charge in [-0.25, -0.2) is 0 Å². The van der Waals surface area contributed by atoms with Crippen molar-refractivity contribution in [3.8, 4) is 5.75 Å². The Balaban J connectivity index is 2.49. The second-order valence-electron chi connectivity index (χ2n) is 3.95. The van der Waals surface area contributed by atoms with Crippen molar-refractivity contribution in [2.75, 3.05) is 34.0 Å². The molecule has 0 radical (unpaired) electrons. The van der Waals surface area contributed by atoms with Gasteiger partial charge >= 0.3 is 0 Å². The van der Waals surface area contributed by atoms with Gasteiger partial charge in [-0.2, -0.15) is 5.48 Å². The Labute approximate surface area is 108 Å². The molecule has 0 amide bonds. The van der Waals surface area contributed by atoms with Gasteiger partial charge in [-0.05, 0) is 19.1 Å². The van der Waals surface area contributed by atoms with Crippen molar-refractivity contribution in [2.45, 2.75) is 13.0 Å². The number of aliphatic hydroxyl groups excluding tert-OH is 1. The Morgan fingerprint density at radius 2 is 2.06 bits per heavy atom. The van der Waals surface area contributed by atoms with Crippen LogP contribution in [0.15, 0.2) is 18.2 Å². The molecule has 0 bridgehead atoms. The van der Waals surface area contributed by atoms with E-state index in [1.807, 2.05) is 25.1 Å². The Morgan fingerprint density at radius 1 is 1.28 bits per heavy atom. The van der Waals surface area contributed by atoms with Crippen molar-refractivity contribution >= 4 is 0 Å². The molecule has 5 nitrogen and oxygen atoms in total. The number of rotatable bonds is 8. The molecule has 1 unspecified atom stereocenters. The SMILES string of the molecule is COCCONCC(O)c1cc(C)ccc1OC. The average Bonchev–Trinajstić information content (AvgIpc) is 2.38. The first-order chi connectivity index (χ1) is 8.69. The molecule has 0 saturated carbocycles. The van der Waals surface area contributed by atoms with Crippen molar-refractivity contribution in [3.63, 3.8) is 0 Å². The van der Waals surface area contributed by atoms with Gasteiger partial charge in [-0.1, -0.05) is 11.6 Å². The van der Waals surface area contributed by atoms with E-state index >= 15 is 0 Å². The third kappa shape index (κ3) is 4.62. The first kappa shape index (κ1) is 14.9. The summed E-state index contributed by atoms with van der Waals surface area (Å²) in [6.07, 6.45) is -0.678. The predicted octanol–water partition coefficient (Wildman–Crippen LogP) is 1.20. The molecule has 0 aliphatic rings.